The Hall–Kier alpha value is -1.99. The zero-order valence-corrected chi connectivity index (χ0v) is 13.9. The Morgan fingerprint density at radius 1 is 1.20 bits per heavy atom. The van der Waals surface area contributed by atoms with Gasteiger partial charge < -0.3 is 10.0 Å². The topological polar surface area (TPSA) is 75.4 Å². The SMILES string of the molecule is O=C(O)c1nn2c(c1C1CC1)C(=O)N(CC1CCC(F)(F)CC1)CC2. The van der Waals surface area contributed by atoms with Crippen LogP contribution in [0.3, 0.4) is 0 Å². The van der Waals surface area contributed by atoms with E-state index in [0.717, 1.165) is 12.8 Å². The van der Waals surface area contributed by atoms with E-state index in [1.165, 1.54) is 4.68 Å². The molecule has 2 heterocycles. The number of hydrogen-bond donors (Lipinski definition) is 1. The maximum atomic E-state index is 13.3. The minimum absolute atomic E-state index is 0.00925. The molecule has 1 N–H and O–H groups in total. The lowest BCUT2D eigenvalue weighted by molar-refractivity contribution is -0.0483. The van der Waals surface area contributed by atoms with E-state index in [-0.39, 0.29) is 36.3 Å². The first-order chi connectivity index (χ1) is 11.9. The molecule has 0 bridgehead atoms. The number of carboxylic acids is 1. The molecule has 2 fully saturated rings. The summed E-state index contributed by atoms with van der Waals surface area (Å²) in [5, 5.41) is 13.5. The zero-order valence-electron chi connectivity index (χ0n) is 13.9. The first kappa shape index (κ1) is 16.5. The molecule has 1 aromatic heterocycles. The normalized spacial score (nSPS) is 23.6. The van der Waals surface area contributed by atoms with Gasteiger partial charge in [-0.1, -0.05) is 0 Å². The summed E-state index contributed by atoms with van der Waals surface area (Å²) in [6.45, 7) is 1.37. The quantitative estimate of drug-likeness (QED) is 0.903. The van der Waals surface area contributed by atoms with Crippen molar-refractivity contribution in [3.05, 3.63) is 17.0 Å². The molecule has 0 atom stereocenters. The van der Waals surface area contributed by atoms with Gasteiger partial charge in [-0.15, -0.1) is 0 Å². The standard InChI is InChI=1S/C17H21F2N3O3/c18-17(19)5-3-10(4-6-17)9-21-7-8-22-14(15(21)23)12(11-1-2-11)13(20-22)16(24)25/h10-11H,1-9H2,(H,24,25). The second kappa shape index (κ2) is 5.78. The number of aromatic carboxylic acids is 1. The monoisotopic (exact) mass is 353 g/mol. The number of halogens is 2. The van der Waals surface area contributed by atoms with Crippen LogP contribution < -0.4 is 0 Å². The Labute approximate surface area is 143 Å². The maximum Gasteiger partial charge on any atom is 0.356 e. The lowest BCUT2D eigenvalue weighted by atomic mass is 9.86. The molecular weight excluding hydrogens is 332 g/mol. The smallest absolute Gasteiger partial charge is 0.356 e. The molecule has 4 rings (SSSR count). The Morgan fingerprint density at radius 2 is 1.88 bits per heavy atom. The number of amides is 1. The summed E-state index contributed by atoms with van der Waals surface area (Å²) in [6, 6.07) is 0. The fraction of sp³-hybridized carbons (Fsp3) is 0.706. The van der Waals surface area contributed by atoms with Gasteiger partial charge in [-0.25, -0.2) is 13.6 Å². The summed E-state index contributed by atoms with van der Waals surface area (Å²) < 4.78 is 28.1. The van der Waals surface area contributed by atoms with Crippen molar-refractivity contribution < 1.29 is 23.5 Å². The van der Waals surface area contributed by atoms with E-state index in [4.69, 9.17) is 0 Å². The molecule has 0 spiro atoms. The molecule has 0 unspecified atom stereocenters. The third kappa shape index (κ3) is 3.02. The van der Waals surface area contributed by atoms with Gasteiger partial charge in [0.25, 0.3) is 5.91 Å². The van der Waals surface area contributed by atoms with Crippen LogP contribution in [0.25, 0.3) is 0 Å². The molecule has 8 heteroatoms. The van der Waals surface area contributed by atoms with E-state index in [1.54, 1.807) is 4.90 Å². The van der Waals surface area contributed by atoms with Gasteiger partial charge in [-0.2, -0.15) is 5.10 Å². The average Bonchev–Trinajstić information content (AvgIpc) is 3.31. The molecule has 0 saturated heterocycles. The van der Waals surface area contributed by atoms with Crippen molar-refractivity contribution in [2.24, 2.45) is 5.92 Å². The van der Waals surface area contributed by atoms with Crippen molar-refractivity contribution in [1.82, 2.24) is 14.7 Å². The highest BCUT2D eigenvalue weighted by Crippen LogP contribution is 2.44. The highest BCUT2D eigenvalue weighted by atomic mass is 19.3. The molecule has 2 saturated carbocycles. The summed E-state index contributed by atoms with van der Waals surface area (Å²) >= 11 is 0. The largest absolute Gasteiger partial charge is 0.476 e. The highest BCUT2D eigenvalue weighted by molar-refractivity contribution is 5.99. The summed E-state index contributed by atoms with van der Waals surface area (Å²) in [5.41, 5.74) is 0.953. The van der Waals surface area contributed by atoms with E-state index in [0.29, 0.717) is 43.7 Å². The molecule has 0 aromatic carbocycles. The zero-order chi connectivity index (χ0) is 17.8. The molecule has 1 aromatic rings. The van der Waals surface area contributed by atoms with E-state index in [1.807, 2.05) is 0 Å². The van der Waals surface area contributed by atoms with Crippen LogP contribution in [0.15, 0.2) is 0 Å². The number of alkyl halides is 2. The van der Waals surface area contributed by atoms with Crippen molar-refractivity contribution in [2.45, 2.75) is 56.9 Å². The van der Waals surface area contributed by atoms with E-state index in [9.17, 15) is 23.5 Å². The first-order valence-electron chi connectivity index (χ1n) is 8.87. The molecule has 136 valence electrons. The van der Waals surface area contributed by atoms with Gasteiger partial charge in [-0.05, 0) is 37.5 Å². The molecule has 0 radical (unpaired) electrons. The van der Waals surface area contributed by atoms with Crippen molar-refractivity contribution in [3.8, 4) is 0 Å². The van der Waals surface area contributed by atoms with Crippen LogP contribution in [0.1, 0.15) is 71.0 Å². The number of carbonyl (C=O) groups is 2. The van der Waals surface area contributed by atoms with Crippen LogP contribution >= 0.6 is 0 Å². The Bertz CT molecular complexity index is 717. The first-order valence-corrected chi connectivity index (χ1v) is 8.87. The number of carbonyl (C=O) groups excluding carboxylic acids is 1. The maximum absolute atomic E-state index is 13.3. The average molecular weight is 353 g/mol. The van der Waals surface area contributed by atoms with Crippen LogP contribution in [0.4, 0.5) is 8.78 Å². The van der Waals surface area contributed by atoms with Crippen molar-refractivity contribution in [3.63, 3.8) is 0 Å². The van der Waals surface area contributed by atoms with Crippen LogP contribution in [-0.2, 0) is 6.54 Å². The van der Waals surface area contributed by atoms with Gasteiger partial charge in [-0.3, -0.25) is 9.48 Å². The third-order valence-corrected chi connectivity index (χ3v) is 5.56. The van der Waals surface area contributed by atoms with Gasteiger partial charge >= 0.3 is 5.97 Å². The van der Waals surface area contributed by atoms with E-state index < -0.39 is 11.9 Å². The van der Waals surface area contributed by atoms with Gasteiger partial charge in [0, 0.05) is 31.5 Å². The van der Waals surface area contributed by atoms with E-state index >= 15 is 0 Å². The van der Waals surface area contributed by atoms with Crippen LogP contribution in [0.5, 0.6) is 0 Å². The van der Waals surface area contributed by atoms with Crippen molar-refractivity contribution in [2.75, 3.05) is 13.1 Å². The lowest BCUT2D eigenvalue weighted by Gasteiger charge is -2.34. The summed E-state index contributed by atoms with van der Waals surface area (Å²) in [5.74, 6) is -3.69. The number of hydrogen-bond acceptors (Lipinski definition) is 3. The Balaban J connectivity index is 1.54. The molecule has 1 aliphatic heterocycles. The molecule has 2 aliphatic carbocycles. The lowest BCUT2D eigenvalue weighted by Crippen LogP contribution is -2.44. The minimum atomic E-state index is -2.57. The number of nitrogens with zero attached hydrogens (tertiary/aromatic N) is 3. The Morgan fingerprint density at radius 3 is 2.48 bits per heavy atom. The molecule has 1 amide bonds. The van der Waals surface area contributed by atoms with Gasteiger partial charge in [0.05, 0.1) is 6.54 Å². The minimum Gasteiger partial charge on any atom is -0.476 e. The predicted octanol–water partition coefficient (Wildman–Crippen LogP) is 2.74. The van der Waals surface area contributed by atoms with Gasteiger partial charge in [0.2, 0.25) is 5.92 Å². The fourth-order valence-corrected chi connectivity index (χ4v) is 4.01. The molecule has 3 aliphatic rings. The fourth-order valence-electron chi connectivity index (χ4n) is 4.01. The van der Waals surface area contributed by atoms with E-state index in [2.05, 4.69) is 5.10 Å². The second-order valence-electron chi connectivity index (χ2n) is 7.46. The second-order valence-corrected chi connectivity index (χ2v) is 7.46. The number of carboxylic acid groups (broad SMARTS) is 1. The Kier molecular flexibility index (Phi) is 3.81. The summed E-state index contributed by atoms with van der Waals surface area (Å²) in [7, 11) is 0. The van der Waals surface area contributed by atoms with Crippen molar-refractivity contribution in [1.29, 1.82) is 0 Å². The van der Waals surface area contributed by atoms with Gasteiger partial charge in [0.1, 0.15) is 5.69 Å². The third-order valence-electron chi connectivity index (χ3n) is 5.56. The molecule has 6 nitrogen and oxygen atoms in total. The van der Waals surface area contributed by atoms with Crippen molar-refractivity contribution >= 4 is 11.9 Å². The number of rotatable bonds is 4. The molecule has 25 heavy (non-hydrogen) atoms. The number of aromatic nitrogens is 2. The van der Waals surface area contributed by atoms with Crippen LogP contribution in [0.2, 0.25) is 0 Å². The van der Waals surface area contributed by atoms with Crippen LogP contribution in [-0.4, -0.2) is 50.7 Å². The summed E-state index contributed by atoms with van der Waals surface area (Å²) in [4.78, 5) is 26.1. The van der Waals surface area contributed by atoms with Gasteiger partial charge in [0.15, 0.2) is 5.69 Å². The highest BCUT2D eigenvalue weighted by Gasteiger charge is 2.41. The number of fused-ring (bicyclic) bond motifs is 1. The predicted molar refractivity (Wildman–Crippen MR) is 84.0 cm³/mol. The van der Waals surface area contributed by atoms with Crippen LogP contribution in [0, 0.1) is 5.92 Å². The molecular formula is C17H21F2N3O3. The summed E-state index contributed by atoms with van der Waals surface area (Å²) in [6.07, 6.45) is 2.37.